The van der Waals surface area contributed by atoms with E-state index in [0.717, 1.165) is 11.1 Å². The molecule has 106 valence electrons. The summed E-state index contributed by atoms with van der Waals surface area (Å²) < 4.78 is 16.1. The minimum Gasteiger partial charge on any atom is -0.496 e. The monoisotopic (exact) mass is 312 g/mol. The highest BCUT2D eigenvalue weighted by molar-refractivity contribution is 6.31. The first-order valence-corrected chi connectivity index (χ1v) is 6.61. The molecule has 0 atom stereocenters. The van der Waals surface area contributed by atoms with Crippen LogP contribution in [0.1, 0.15) is 0 Å². The Hall–Kier alpha value is -1.58. The lowest BCUT2D eigenvalue weighted by Crippen LogP contribution is -1.95. The fraction of sp³-hybridized carbons (Fsp3) is 0.200. The van der Waals surface area contributed by atoms with Crippen LogP contribution in [0.4, 0.5) is 0 Å². The van der Waals surface area contributed by atoms with E-state index in [1.807, 2.05) is 0 Å². The summed E-state index contributed by atoms with van der Waals surface area (Å²) in [5.74, 6) is 1.81. The van der Waals surface area contributed by atoms with Gasteiger partial charge in [-0.3, -0.25) is 0 Å². The SMILES string of the molecule is COc1ccc(Cl)cc1-c1cc(Cl)cc(OC)c1OC. The maximum absolute atomic E-state index is 6.13. The van der Waals surface area contributed by atoms with E-state index in [1.165, 1.54) is 0 Å². The van der Waals surface area contributed by atoms with E-state index in [4.69, 9.17) is 37.4 Å². The molecule has 5 heteroatoms. The zero-order chi connectivity index (χ0) is 14.7. The number of hydrogen-bond acceptors (Lipinski definition) is 3. The van der Waals surface area contributed by atoms with Crippen molar-refractivity contribution < 1.29 is 14.2 Å². The molecule has 0 spiro atoms. The molecule has 0 aliphatic carbocycles. The van der Waals surface area contributed by atoms with Crippen molar-refractivity contribution in [2.24, 2.45) is 0 Å². The highest BCUT2D eigenvalue weighted by atomic mass is 35.5. The molecule has 0 saturated heterocycles. The van der Waals surface area contributed by atoms with E-state index in [-0.39, 0.29) is 0 Å². The molecular weight excluding hydrogens is 299 g/mol. The summed E-state index contributed by atoms with van der Waals surface area (Å²) in [5.41, 5.74) is 1.55. The van der Waals surface area contributed by atoms with Crippen LogP contribution in [0.15, 0.2) is 30.3 Å². The molecule has 0 N–H and O–H groups in total. The van der Waals surface area contributed by atoms with Gasteiger partial charge < -0.3 is 14.2 Å². The predicted octanol–water partition coefficient (Wildman–Crippen LogP) is 4.69. The molecule has 0 unspecified atom stereocenters. The van der Waals surface area contributed by atoms with Crippen molar-refractivity contribution in [3.05, 3.63) is 40.4 Å². The largest absolute Gasteiger partial charge is 0.496 e. The Bertz CT molecular complexity index is 627. The number of halogens is 2. The van der Waals surface area contributed by atoms with Gasteiger partial charge >= 0.3 is 0 Å². The molecule has 3 nitrogen and oxygen atoms in total. The van der Waals surface area contributed by atoms with E-state index in [1.54, 1.807) is 51.7 Å². The third-order valence-electron chi connectivity index (χ3n) is 2.90. The molecule has 0 heterocycles. The van der Waals surface area contributed by atoms with E-state index >= 15 is 0 Å². The lowest BCUT2D eigenvalue weighted by atomic mass is 10.0. The van der Waals surface area contributed by atoms with Crippen molar-refractivity contribution in [2.45, 2.75) is 0 Å². The Kier molecular flexibility index (Phi) is 4.63. The highest BCUT2D eigenvalue weighted by Crippen LogP contribution is 2.44. The lowest BCUT2D eigenvalue weighted by molar-refractivity contribution is 0.356. The van der Waals surface area contributed by atoms with Gasteiger partial charge in [-0.15, -0.1) is 0 Å². The van der Waals surface area contributed by atoms with Crippen molar-refractivity contribution in [2.75, 3.05) is 21.3 Å². The summed E-state index contributed by atoms with van der Waals surface area (Å²) >= 11 is 12.2. The predicted molar refractivity (Wildman–Crippen MR) is 81.6 cm³/mol. The molecule has 0 amide bonds. The van der Waals surface area contributed by atoms with Crippen molar-refractivity contribution in [1.82, 2.24) is 0 Å². The van der Waals surface area contributed by atoms with E-state index in [0.29, 0.717) is 27.3 Å². The third kappa shape index (κ3) is 2.79. The third-order valence-corrected chi connectivity index (χ3v) is 3.35. The minimum atomic E-state index is 0.541. The zero-order valence-electron chi connectivity index (χ0n) is 11.4. The van der Waals surface area contributed by atoms with Gasteiger partial charge in [-0.2, -0.15) is 0 Å². The summed E-state index contributed by atoms with van der Waals surface area (Å²) in [5, 5.41) is 1.14. The molecule has 2 rings (SSSR count). The Balaban J connectivity index is 2.74. The van der Waals surface area contributed by atoms with Crippen molar-refractivity contribution in [1.29, 1.82) is 0 Å². The van der Waals surface area contributed by atoms with Gasteiger partial charge in [-0.1, -0.05) is 23.2 Å². The van der Waals surface area contributed by atoms with Gasteiger partial charge in [0.15, 0.2) is 11.5 Å². The van der Waals surface area contributed by atoms with Crippen LogP contribution in [-0.2, 0) is 0 Å². The second-order valence-electron chi connectivity index (χ2n) is 4.03. The smallest absolute Gasteiger partial charge is 0.168 e. The summed E-state index contributed by atoms with van der Waals surface area (Å²) in [6.07, 6.45) is 0. The quantitative estimate of drug-likeness (QED) is 0.820. The molecule has 2 aromatic carbocycles. The summed E-state index contributed by atoms with van der Waals surface area (Å²) in [6.45, 7) is 0. The first-order valence-electron chi connectivity index (χ1n) is 5.86. The molecular formula is C15H14Cl2O3. The second kappa shape index (κ2) is 6.25. The molecule has 20 heavy (non-hydrogen) atoms. The molecule has 2 aromatic rings. The van der Waals surface area contributed by atoms with Crippen LogP contribution in [0.5, 0.6) is 17.2 Å². The number of rotatable bonds is 4. The van der Waals surface area contributed by atoms with Gasteiger partial charge in [0.25, 0.3) is 0 Å². The average Bonchev–Trinajstić information content (AvgIpc) is 2.46. The maximum Gasteiger partial charge on any atom is 0.168 e. The molecule has 0 aliphatic heterocycles. The van der Waals surface area contributed by atoms with Crippen LogP contribution in [0.2, 0.25) is 10.0 Å². The first-order chi connectivity index (χ1) is 9.60. The molecule has 0 radical (unpaired) electrons. The lowest BCUT2D eigenvalue weighted by Gasteiger charge is -2.16. The molecule has 0 saturated carbocycles. The standard InChI is InChI=1S/C15H14Cl2O3/c1-18-13-5-4-9(16)6-11(13)12-7-10(17)8-14(19-2)15(12)20-3/h4-8H,1-3H3. The van der Waals surface area contributed by atoms with Gasteiger partial charge in [0.1, 0.15) is 5.75 Å². The highest BCUT2D eigenvalue weighted by Gasteiger charge is 2.17. The van der Waals surface area contributed by atoms with Crippen molar-refractivity contribution in [3.63, 3.8) is 0 Å². The Labute approximate surface area is 128 Å². The molecule has 0 aromatic heterocycles. The fourth-order valence-corrected chi connectivity index (χ4v) is 2.40. The summed E-state index contributed by atoms with van der Waals surface area (Å²) in [6, 6.07) is 8.84. The maximum atomic E-state index is 6.13. The normalized spacial score (nSPS) is 10.2. The van der Waals surface area contributed by atoms with Crippen LogP contribution < -0.4 is 14.2 Å². The fourth-order valence-electron chi connectivity index (χ4n) is 2.02. The average molecular weight is 313 g/mol. The number of methoxy groups -OCH3 is 3. The first kappa shape index (κ1) is 14.8. The molecule has 0 bridgehead atoms. The summed E-state index contributed by atoms with van der Waals surface area (Å²) in [7, 11) is 4.74. The minimum absolute atomic E-state index is 0.541. The van der Waals surface area contributed by atoms with E-state index < -0.39 is 0 Å². The van der Waals surface area contributed by atoms with Crippen molar-refractivity contribution in [3.8, 4) is 28.4 Å². The van der Waals surface area contributed by atoms with Gasteiger partial charge in [0.05, 0.1) is 21.3 Å². The van der Waals surface area contributed by atoms with E-state index in [9.17, 15) is 0 Å². The van der Waals surface area contributed by atoms with Crippen LogP contribution in [-0.4, -0.2) is 21.3 Å². The van der Waals surface area contributed by atoms with Gasteiger partial charge in [0, 0.05) is 27.2 Å². The summed E-state index contributed by atoms with van der Waals surface area (Å²) in [4.78, 5) is 0. The number of ether oxygens (including phenoxy) is 3. The second-order valence-corrected chi connectivity index (χ2v) is 4.91. The van der Waals surface area contributed by atoms with Crippen LogP contribution in [0, 0.1) is 0 Å². The van der Waals surface area contributed by atoms with Crippen LogP contribution in [0.3, 0.4) is 0 Å². The topological polar surface area (TPSA) is 27.7 Å². The number of benzene rings is 2. The van der Waals surface area contributed by atoms with Crippen LogP contribution >= 0.6 is 23.2 Å². The number of hydrogen-bond donors (Lipinski definition) is 0. The zero-order valence-corrected chi connectivity index (χ0v) is 12.9. The molecule has 0 aliphatic rings. The Morgan fingerprint density at radius 2 is 1.35 bits per heavy atom. The van der Waals surface area contributed by atoms with Gasteiger partial charge in [0.2, 0.25) is 0 Å². The Morgan fingerprint density at radius 3 is 1.95 bits per heavy atom. The van der Waals surface area contributed by atoms with Gasteiger partial charge in [-0.25, -0.2) is 0 Å². The van der Waals surface area contributed by atoms with Gasteiger partial charge in [-0.05, 0) is 24.3 Å². The molecule has 0 fully saturated rings. The van der Waals surface area contributed by atoms with Crippen LogP contribution in [0.25, 0.3) is 11.1 Å². The Morgan fingerprint density at radius 1 is 0.700 bits per heavy atom. The van der Waals surface area contributed by atoms with E-state index in [2.05, 4.69) is 0 Å². The van der Waals surface area contributed by atoms with Crippen molar-refractivity contribution >= 4 is 23.2 Å².